The predicted molar refractivity (Wildman–Crippen MR) is 88.6 cm³/mol. The van der Waals surface area contributed by atoms with Gasteiger partial charge in [-0.3, -0.25) is 4.90 Å². The monoisotopic (exact) mass is 362 g/mol. The molecule has 2 rings (SSSR count). The second-order valence-electron chi connectivity index (χ2n) is 7.03. The zero-order chi connectivity index (χ0) is 17.4. The Hall–Kier alpha value is -0.890. The van der Waals surface area contributed by atoms with Crippen molar-refractivity contribution in [3.63, 3.8) is 0 Å². The molecule has 0 bridgehead atoms. The Balaban J connectivity index is 2.12. The van der Waals surface area contributed by atoms with E-state index in [1.165, 1.54) is 11.3 Å². The normalized spacial score (nSPS) is 22.2. The molecule has 6 nitrogen and oxygen atoms in total. The Labute approximate surface area is 145 Å². The van der Waals surface area contributed by atoms with Crippen molar-refractivity contribution in [2.45, 2.75) is 64.5 Å². The summed E-state index contributed by atoms with van der Waals surface area (Å²) < 4.78 is 11.6. The van der Waals surface area contributed by atoms with Gasteiger partial charge in [0.25, 0.3) is 0 Å². The number of amides is 1. The Morgan fingerprint density at radius 3 is 2.83 bits per heavy atom. The van der Waals surface area contributed by atoms with Crippen LogP contribution in [0.1, 0.15) is 52.0 Å². The topological polar surface area (TPSA) is 71.9 Å². The molecule has 0 aliphatic carbocycles. The molecule has 23 heavy (non-hydrogen) atoms. The summed E-state index contributed by atoms with van der Waals surface area (Å²) in [4.78, 5) is 18.7. The molecule has 1 saturated heterocycles. The predicted octanol–water partition coefficient (Wildman–Crippen LogP) is 3.59. The lowest BCUT2D eigenvalue weighted by Crippen LogP contribution is -2.50. The Bertz CT molecular complexity index is 570. The van der Waals surface area contributed by atoms with Crippen LogP contribution in [0.15, 0.2) is 6.20 Å². The molecule has 0 saturated carbocycles. The van der Waals surface area contributed by atoms with Gasteiger partial charge in [-0.05, 0) is 34.6 Å². The first-order valence-electron chi connectivity index (χ1n) is 7.45. The highest BCUT2D eigenvalue weighted by Crippen LogP contribution is 2.35. The summed E-state index contributed by atoms with van der Waals surface area (Å²) in [5, 5.41) is 10.4. The van der Waals surface area contributed by atoms with Crippen molar-refractivity contribution < 1.29 is 19.4 Å². The number of rotatable bonds is 3. The number of aliphatic hydroxyl groups is 1. The van der Waals surface area contributed by atoms with Crippen LogP contribution in [0.2, 0.25) is 4.47 Å². The zero-order valence-electron chi connectivity index (χ0n) is 14.0. The molecular weight excluding hydrogens is 340 g/mol. The van der Waals surface area contributed by atoms with E-state index in [0.29, 0.717) is 22.4 Å². The standard InChI is InChI=1S/C15H23ClN2O4S/c1-14(2,3)22-13(20)18-9(8-21-15(18,4)5)6-10(19)11-7-17-12(16)23-11/h7,9-10,19H,6,8H2,1-5H3. The molecule has 1 N–H and O–H groups in total. The van der Waals surface area contributed by atoms with Crippen LogP contribution in [-0.4, -0.2) is 45.1 Å². The second-order valence-corrected chi connectivity index (χ2v) is 8.67. The Kier molecular flexibility index (Phi) is 5.25. The van der Waals surface area contributed by atoms with E-state index in [0.717, 1.165) is 0 Å². The fourth-order valence-corrected chi connectivity index (χ4v) is 3.48. The first kappa shape index (κ1) is 18.4. The average Bonchev–Trinajstić information content (AvgIpc) is 2.91. The van der Waals surface area contributed by atoms with Crippen LogP contribution in [0.25, 0.3) is 0 Å². The number of hydrogen-bond acceptors (Lipinski definition) is 6. The van der Waals surface area contributed by atoms with Crippen LogP contribution in [-0.2, 0) is 9.47 Å². The third-order valence-corrected chi connectivity index (χ3v) is 4.70. The number of hydrogen-bond donors (Lipinski definition) is 1. The third-order valence-electron chi connectivity index (χ3n) is 3.48. The molecule has 1 fully saturated rings. The number of ether oxygens (including phenoxy) is 2. The SMILES string of the molecule is CC(C)(C)OC(=O)N1C(CC(O)c2cnc(Cl)s2)COC1(C)C. The molecule has 1 aliphatic heterocycles. The van der Waals surface area contributed by atoms with E-state index in [9.17, 15) is 9.90 Å². The first-order valence-corrected chi connectivity index (χ1v) is 8.64. The van der Waals surface area contributed by atoms with Gasteiger partial charge in [0, 0.05) is 12.6 Å². The van der Waals surface area contributed by atoms with Crippen molar-refractivity contribution in [3.8, 4) is 0 Å². The summed E-state index contributed by atoms with van der Waals surface area (Å²) in [6.45, 7) is 9.42. The van der Waals surface area contributed by atoms with E-state index < -0.39 is 23.5 Å². The maximum atomic E-state index is 12.5. The molecule has 1 aromatic rings. The molecule has 8 heteroatoms. The number of carbonyl (C=O) groups is 1. The minimum Gasteiger partial charge on any atom is -0.444 e. The lowest BCUT2D eigenvalue weighted by atomic mass is 10.1. The van der Waals surface area contributed by atoms with Crippen molar-refractivity contribution in [1.82, 2.24) is 9.88 Å². The fraction of sp³-hybridized carbons (Fsp3) is 0.733. The van der Waals surface area contributed by atoms with Gasteiger partial charge >= 0.3 is 6.09 Å². The van der Waals surface area contributed by atoms with Gasteiger partial charge in [-0.1, -0.05) is 11.6 Å². The van der Waals surface area contributed by atoms with E-state index in [4.69, 9.17) is 21.1 Å². The van der Waals surface area contributed by atoms with Gasteiger partial charge in [-0.25, -0.2) is 9.78 Å². The molecule has 2 heterocycles. The Morgan fingerprint density at radius 2 is 2.30 bits per heavy atom. The highest BCUT2D eigenvalue weighted by molar-refractivity contribution is 7.15. The largest absolute Gasteiger partial charge is 0.444 e. The first-order chi connectivity index (χ1) is 10.5. The number of carbonyl (C=O) groups excluding carboxylic acids is 1. The number of aliphatic hydroxyl groups excluding tert-OH is 1. The van der Waals surface area contributed by atoms with Crippen LogP contribution in [0.4, 0.5) is 4.79 Å². The lowest BCUT2D eigenvalue weighted by molar-refractivity contribution is -0.0637. The summed E-state index contributed by atoms with van der Waals surface area (Å²) in [6, 6.07) is -0.282. The fourth-order valence-electron chi connectivity index (χ4n) is 2.53. The van der Waals surface area contributed by atoms with Gasteiger partial charge < -0.3 is 14.6 Å². The van der Waals surface area contributed by atoms with Gasteiger partial charge in [0.15, 0.2) is 4.47 Å². The van der Waals surface area contributed by atoms with Crippen LogP contribution in [0.3, 0.4) is 0 Å². The molecule has 2 unspecified atom stereocenters. The highest BCUT2D eigenvalue weighted by atomic mass is 35.5. The average molecular weight is 363 g/mol. The summed E-state index contributed by atoms with van der Waals surface area (Å²) in [5.74, 6) is 0. The molecule has 1 amide bonds. The number of halogens is 1. The lowest BCUT2D eigenvalue weighted by Gasteiger charge is -2.35. The third kappa shape index (κ3) is 4.56. The molecule has 0 spiro atoms. The summed E-state index contributed by atoms with van der Waals surface area (Å²) in [6.07, 6.45) is 0.685. The van der Waals surface area contributed by atoms with Crippen molar-refractivity contribution >= 4 is 29.0 Å². The zero-order valence-corrected chi connectivity index (χ0v) is 15.6. The Morgan fingerprint density at radius 1 is 1.65 bits per heavy atom. The van der Waals surface area contributed by atoms with Gasteiger partial charge in [-0.15, -0.1) is 11.3 Å². The van der Waals surface area contributed by atoms with Crippen molar-refractivity contribution in [3.05, 3.63) is 15.5 Å². The molecule has 1 aliphatic rings. The minimum absolute atomic E-state index is 0.282. The van der Waals surface area contributed by atoms with E-state index in [2.05, 4.69) is 4.98 Å². The highest BCUT2D eigenvalue weighted by Gasteiger charge is 2.46. The van der Waals surface area contributed by atoms with Gasteiger partial charge in [0.1, 0.15) is 11.3 Å². The smallest absolute Gasteiger partial charge is 0.412 e. The van der Waals surface area contributed by atoms with E-state index in [1.807, 2.05) is 34.6 Å². The van der Waals surface area contributed by atoms with Gasteiger partial charge in [0.05, 0.1) is 23.6 Å². The minimum atomic E-state index is -0.780. The second kappa shape index (κ2) is 6.55. The number of aromatic nitrogens is 1. The molecule has 0 aromatic carbocycles. The van der Waals surface area contributed by atoms with Gasteiger partial charge in [0.2, 0.25) is 0 Å². The number of thiazole rings is 1. The van der Waals surface area contributed by atoms with E-state index >= 15 is 0 Å². The summed E-state index contributed by atoms with van der Waals surface area (Å²) in [7, 11) is 0. The van der Waals surface area contributed by atoms with Crippen LogP contribution < -0.4 is 0 Å². The molecule has 0 radical (unpaired) electrons. The maximum absolute atomic E-state index is 12.5. The van der Waals surface area contributed by atoms with Crippen molar-refractivity contribution in [1.29, 1.82) is 0 Å². The number of nitrogens with zero attached hydrogens (tertiary/aromatic N) is 2. The van der Waals surface area contributed by atoms with Crippen molar-refractivity contribution in [2.75, 3.05) is 6.61 Å². The van der Waals surface area contributed by atoms with E-state index in [1.54, 1.807) is 11.1 Å². The quantitative estimate of drug-likeness (QED) is 0.889. The molecule has 2 atom stereocenters. The van der Waals surface area contributed by atoms with Crippen LogP contribution >= 0.6 is 22.9 Å². The molecule has 1 aromatic heterocycles. The van der Waals surface area contributed by atoms with Crippen LogP contribution in [0, 0.1) is 0 Å². The van der Waals surface area contributed by atoms with E-state index in [-0.39, 0.29) is 6.04 Å². The molecular formula is C15H23ClN2O4S. The van der Waals surface area contributed by atoms with Gasteiger partial charge in [-0.2, -0.15) is 0 Å². The van der Waals surface area contributed by atoms with Crippen LogP contribution in [0.5, 0.6) is 0 Å². The maximum Gasteiger partial charge on any atom is 0.412 e. The molecule has 130 valence electrons. The van der Waals surface area contributed by atoms with Crippen molar-refractivity contribution in [2.24, 2.45) is 0 Å². The summed E-state index contributed by atoms with van der Waals surface area (Å²) >= 11 is 7.03. The summed E-state index contributed by atoms with van der Waals surface area (Å²) in [5.41, 5.74) is -1.37.